The molecular formula is C13H19IN2. The third-order valence-corrected chi connectivity index (χ3v) is 4.05. The first-order valence-corrected chi connectivity index (χ1v) is 6.94. The van der Waals surface area contributed by atoms with E-state index in [9.17, 15) is 0 Å². The van der Waals surface area contributed by atoms with Crippen LogP contribution in [0, 0.1) is 15.4 Å². The van der Waals surface area contributed by atoms with Gasteiger partial charge in [0.05, 0.1) is 5.69 Å². The summed E-state index contributed by atoms with van der Waals surface area (Å²) in [6, 6.07) is 6.21. The van der Waals surface area contributed by atoms with E-state index in [-0.39, 0.29) is 0 Å². The highest BCUT2D eigenvalue weighted by molar-refractivity contribution is 14.1. The molecule has 16 heavy (non-hydrogen) atoms. The highest BCUT2D eigenvalue weighted by Crippen LogP contribution is 2.30. The van der Waals surface area contributed by atoms with Crippen molar-refractivity contribution in [3.63, 3.8) is 0 Å². The molecule has 2 unspecified atom stereocenters. The fourth-order valence-corrected chi connectivity index (χ4v) is 3.52. The summed E-state index contributed by atoms with van der Waals surface area (Å²) in [6.45, 7) is 7.02. The molecule has 2 rings (SSSR count). The molecule has 0 aliphatic carbocycles. The quantitative estimate of drug-likeness (QED) is 0.632. The number of nitrogens with zero attached hydrogens (tertiary/aromatic N) is 1. The minimum absolute atomic E-state index is 0.789. The number of hydrogen-bond donors (Lipinski definition) is 1. The Balaban J connectivity index is 2.23. The first-order valence-electron chi connectivity index (χ1n) is 5.86. The number of halogens is 1. The van der Waals surface area contributed by atoms with Crippen molar-refractivity contribution >= 4 is 34.0 Å². The van der Waals surface area contributed by atoms with E-state index >= 15 is 0 Å². The molecular weight excluding hydrogens is 311 g/mol. The van der Waals surface area contributed by atoms with Gasteiger partial charge in [-0.2, -0.15) is 0 Å². The van der Waals surface area contributed by atoms with Crippen LogP contribution in [0.5, 0.6) is 0 Å². The fourth-order valence-electron chi connectivity index (χ4n) is 2.64. The summed E-state index contributed by atoms with van der Waals surface area (Å²) in [5.41, 5.74) is 7.98. The van der Waals surface area contributed by atoms with Crippen molar-refractivity contribution in [1.82, 2.24) is 0 Å². The molecule has 3 heteroatoms. The van der Waals surface area contributed by atoms with Crippen LogP contribution in [0.2, 0.25) is 0 Å². The summed E-state index contributed by atoms with van der Waals surface area (Å²) in [5, 5.41) is 0. The molecule has 0 saturated carbocycles. The zero-order valence-electron chi connectivity index (χ0n) is 9.91. The Morgan fingerprint density at radius 1 is 1.25 bits per heavy atom. The van der Waals surface area contributed by atoms with Crippen molar-refractivity contribution in [3.8, 4) is 0 Å². The van der Waals surface area contributed by atoms with E-state index in [1.807, 2.05) is 6.07 Å². The summed E-state index contributed by atoms with van der Waals surface area (Å²) in [5.74, 6) is 1.58. The summed E-state index contributed by atoms with van der Waals surface area (Å²) in [4.78, 5) is 2.50. The van der Waals surface area contributed by atoms with E-state index < -0.39 is 0 Å². The summed E-state index contributed by atoms with van der Waals surface area (Å²) < 4.78 is 1.26. The predicted molar refractivity (Wildman–Crippen MR) is 78.7 cm³/mol. The average molecular weight is 330 g/mol. The van der Waals surface area contributed by atoms with Gasteiger partial charge in [0.15, 0.2) is 0 Å². The maximum absolute atomic E-state index is 5.79. The Morgan fingerprint density at radius 3 is 2.44 bits per heavy atom. The Bertz CT molecular complexity index is 368. The van der Waals surface area contributed by atoms with Crippen LogP contribution in [0.15, 0.2) is 18.2 Å². The largest absolute Gasteiger partial charge is 0.399 e. The third kappa shape index (κ3) is 2.62. The van der Waals surface area contributed by atoms with Gasteiger partial charge in [0.2, 0.25) is 0 Å². The summed E-state index contributed by atoms with van der Waals surface area (Å²) in [6.07, 6.45) is 1.35. The lowest BCUT2D eigenvalue weighted by Gasteiger charge is -2.37. The van der Waals surface area contributed by atoms with Gasteiger partial charge in [-0.05, 0) is 59.0 Å². The van der Waals surface area contributed by atoms with Gasteiger partial charge in [0, 0.05) is 22.3 Å². The van der Waals surface area contributed by atoms with Crippen LogP contribution in [-0.2, 0) is 0 Å². The van der Waals surface area contributed by atoms with Crippen molar-refractivity contribution in [2.24, 2.45) is 11.8 Å². The van der Waals surface area contributed by atoms with Crippen LogP contribution in [0.25, 0.3) is 0 Å². The molecule has 0 amide bonds. The average Bonchev–Trinajstić information content (AvgIpc) is 2.15. The first kappa shape index (κ1) is 12.0. The Kier molecular flexibility index (Phi) is 3.62. The molecule has 1 aromatic carbocycles. The topological polar surface area (TPSA) is 29.3 Å². The van der Waals surface area contributed by atoms with E-state index in [0.29, 0.717) is 0 Å². The molecule has 2 nitrogen and oxygen atoms in total. The van der Waals surface area contributed by atoms with Crippen molar-refractivity contribution in [1.29, 1.82) is 0 Å². The molecule has 2 atom stereocenters. The lowest BCUT2D eigenvalue weighted by Crippen LogP contribution is -2.39. The minimum atomic E-state index is 0.789. The third-order valence-electron chi connectivity index (χ3n) is 3.18. The maximum atomic E-state index is 5.79. The SMILES string of the molecule is CC1CC(C)CN(c2ccc(N)cc2I)C1. The van der Waals surface area contributed by atoms with Crippen LogP contribution in [0.4, 0.5) is 11.4 Å². The van der Waals surface area contributed by atoms with Crippen molar-refractivity contribution in [2.45, 2.75) is 20.3 Å². The van der Waals surface area contributed by atoms with E-state index in [0.717, 1.165) is 17.5 Å². The molecule has 1 saturated heterocycles. The Hall–Kier alpha value is -0.450. The van der Waals surface area contributed by atoms with Crippen molar-refractivity contribution < 1.29 is 0 Å². The maximum Gasteiger partial charge on any atom is 0.0503 e. The van der Waals surface area contributed by atoms with Crippen molar-refractivity contribution in [2.75, 3.05) is 23.7 Å². The summed E-state index contributed by atoms with van der Waals surface area (Å²) in [7, 11) is 0. The van der Waals surface area contributed by atoms with Crippen molar-refractivity contribution in [3.05, 3.63) is 21.8 Å². The number of nitrogens with two attached hydrogens (primary N) is 1. The smallest absolute Gasteiger partial charge is 0.0503 e. The number of piperidine rings is 1. The number of anilines is 2. The molecule has 1 aliphatic rings. The van der Waals surface area contributed by atoms with E-state index in [1.165, 1.54) is 28.8 Å². The molecule has 0 bridgehead atoms. The standard InChI is InChI=1S/C13H19IN2/c1-9-5-10(2)8-16(7-9)13-4-3-11(15)6-12(13)14/h3-4,6,9-10H,5,7-8,15H2,1-2H3. The van der Waals surface area contributed by atoms with E-state index in [1.54, 1.807) is 0 Å². The van der Waals surface area contributed by atoms with Gasteiger partial charge in [0.1, 0.15) is 0 Å². The second kappa shape index (κ2) is 4.82. The van der Waals surface area contributed by atoms with Crippen LogP contribution < -0.4 is 10.6 Å². The second-order valence-corrected chi connectivity index (χ2v) is 6.22. The molecule has 1 heterocycles. The molecule has 2 N–H and O–H groups in total. The molecule has 0 radical (unpaired) electrons. The number of benzene rings is 1. The van der Waals surface area contributed by atoms with Gasteiger partial charge in [-0.3, -0.25) is 0 Å². The van der Waals surface area contributed by atoms with Gasteiger partial charge in [-0.25, -0.2) is 0 Å². The van der Waals surface area contributed by atoms with Crippen LogP contribution in [0.3, 0.4) is 0 Å². The van der Waals surface area contributed by atoms with Crippen LogP contribution >= 0.6 is 22.6 Å². The minimum Gasteiger partial charge on any atom is -0.399 e. The van der Waals surface area contributed by atoms with Gasteiger partial charge >= 0.3 is 0 Å². The van der Waals surface area contributed by atoms with Gasteiger partial charge in [-0.1, -0.05) is 13.8 Å². The van der Waals surface area contributed by atoms with E-state index in [2.05, 4.69) is 53.5 Å². The summed E-state index contributed by atoms with van der Waals surface area (Å²) >= 11 is 2.38. The number of hydrogen-bond acceptors (Lipinski definition) is 2. The van der Waals surface area contributed by atoms with E-state index in [4.69, 9.17) is 5.73 Å². The van der Waals surface area contributed by atoms with Gasteiger partial charge < -0.3 is 10.6 Å². The zero-order valence-corrected chi connectivity index (χ0v) is 12.1. The lowest BCUT2D eigenvalue weighted by molar-refractivity contribution is 0.356. The van der Waals surface area contributed by atoms with Crippen LogP contribution in [0.1, 0.15) is 20.3 Å². The highest BCUT2D eigenvalue weighted by atomic mass is 127. The monoisotopic (exact) mass is 330 g/mol. The zero-order chi connectivity index (χ0) is 11.7. The predicted octanol–water partition coefficient (Wildman–Crippen LogP) is 3.36. The Labute approximate surface area is 111 Å². The molecule has 88 valence electrons. The second-order valence-electron chi connectivity index (χ2n) is 5.06. The molecule has 1 aliphatic heterocycles. The number of rotatable bonds is 1. The molecule has 0 aromatic heterocycles. The molecule has 1 fully saturated rings. The number of nitrogen functional groups attached to an aromatic ring is 1. The normalized spacial score (nSPS) is 25.8. The first-order chi connectivity index (χ1) is 7.56. The van der Waals surface area contributed by atoms with Crippen LogP contribution in [-0.4, -0.2) is 13.1 Å². The fraction of sp³-hybridized carbons (Fsp3) is 0.538. The molecule has 0 spiro atoms. The lowest BCUT2D eigenvalue weighted by atomic mass is 9.91. The van der Waals surface area contributed by atoms with Gasteiger partial charge in [0.25, 0.3) is 0 Å². The molecule has 1 aromatic rings. The highest BCUT2D eigenvalue weighted by Gasteiger charge is 2.22. The Morgan fingerprint density at radius 2 is 1.88 bits per heavy atom. The van der Waals surface area contributed by atoms with Gasteiger partial charge in [-0.15, -0.1) is 0 Å².